The van der Waals surface area contributed by atoms with Crippen LogP contribution in [0.4, 0.5) is 0 Å². The van der Waals surface area contributed by atoms with E-state index in [-0.39, 0.29) is 39.5 Å². The van der Waals surface area contributed by atoms with E-state index in [0.29, 0.717) is 0 Å². The molecule has 0 radical (unpaired) electrons. The number of carbonyl (C=O) groups is 3. The zero-order chi connectivity index (χ0) is 27.3. The molecule has 194 valence electrons. The molecule has 0 aliphatic carbocycles. The van der Waals surface area contributed by atoms with Crippen LogP contribution in [-0.4, -0.2) is 61.4 Å². The van der Waals surface area contributed by atoms with Gasteiger partial charge in [-0.1, -0.05) is 18.2 Å². The third kappa shape index (κ3) is 5.64. The Bertz CT molecular complexity index is 1390. The molecule has 0 saturated heterocycles. The van der Waals surface area contributed by atoms with Crippen molar-refractivity contribution in [2.45, 2.75) is 26.0 Å². The Hall–Kier alpha value is -4.59. The first-order valence-electron chi connectivity index (χ1n) is 10.9. The number of nitrogens with two attached hydrogens (primary N) is 1. The summed E-state index contributed by atoms with van der Waals surface area (Å²) in [5.41, 5.74) is 8.74. The van der Waals surface area contributed by atoms with Crippen molar-refractivity contribution >= 4 is 46.1 Å². The molecule has 0 unspecified atom stereocenters. The Morgan fingerprint density at radius 1 is 1.27 bits per heavy atom. The van der Waals surface area contributed by atoms with Crippen molar-refractivity contribution in [3.05, 3.63) is 70.2 Å². The molecular formula is C23H25N7O6S. The molecule has 3 rings (SSSR count). The number of amidine groups is 2. The highest BCUT2D eigenvalue weighted by molar-refractivity contribution is 7.96. The third-order valence-corrected chi connectivity index (χ3v) is 7.25. The van der Waals surface area contributed by atoms with Crippen molar-refractivity contribution in [3.8, 4) is 0 Å². The van der Waals surface area contributed by atoms with Gasteiger partial charge in [-0.3, -0.25) is 29.6 Å². The van der Waals surface area contributed by atoms with E-state index in [4.69, 9.17) is 10.5 Å². The van der Waals surface area contributed by atoms with E-state index in [0.717, 1.165) is 11.1 Å². The fourth-order valence-corrected chi connectivity index (χ4v) is 4.26. The first kappa shape index (κ1) is 27.0. The van der Waals surface area contributed by atoms with Gasteiger partial charge in [-0.15, -0.1) is 5.10 Å². The predicted molar refractivity (Wildman–Crippen MR) is 137 cm³/mol. The molecule has 2 heterocycles. The molecule has 13 nitrogen and oxygen atoms in total. The van der Waals surface area contributed by atoms with E-state index in [9.17, 15) is 22.8 Å². The van der Waals surface area contributed by atoms with Gasteiger partial charge in [0.1, 0.15) is 6.54 Å². The molecule has 0 atom stereocenters. The summed E-state index contributed by atoms with van der Waals surface area (Å²) in [5.74, 6) is -2.30. The molecule has 0 bridgehead atoms. The van der Waals surface area contributed by atoms with E-state index < -0.39 is 39.4 Å². The number of nitrogens with zero attached hydrogens (tertiary/aromatic N) is 4. The highest BCUT2D eigenvalue weighted by Crippen LogP contribution is 2.22. The monoisotopic (exact) mass is 527 g/mol. The largest absolute Gasteiger partial charge is 0.403 e. The quantitative estimate of drug-likeness (QED) is 0.191. The maximum atomic E-state index is 12.5. The van der Waals surface area contributed by atoms with Crippen LogP contribution >= 0.6 is 0 Å². The maximum Gasteiger partial charge on any atom is 0.320 e. The lowest BCUT2D eigenvalue weighted by atomic mass is 10.1. The van der Waals surface area contributed by atoms with Crippen molar-refractivity contribution < 1.29 is 27.5 Å². The molecule has 0 fully saturated rings. The topological polar surface area (TPSA) is 185 Å². The zero-order valence-corrected chi connectivity index (χ0v) is 21.1. The number of imide groups is 1. The Kier molecular flexibility index (Phi) is 8.02. The van der Waals surface area contributed by atoms with Gasteiger partial charge >= 0.3 is 6.02 Å². The van der Waals surface area contributed by atoms with Crippen LogP contribution in [0.2, 0.25) is 0 Å². The van der Waals surface area contributed by atoms with E-state index in [2.05, 4.69) is 32.5 Å². The molecule has 0 saturated carbocycles. The minimum Gasteiger partial charge on any atom is -0.403 e. The second-order valence-corrected chi connectivity index (χ2v) is 10.4. The number of ether oxygens (including phenoxy) is 1. The van der Waals surface area contributed by atoms with Crippen LogP contribution in [-0.2, 0) is 19.4 Å². The number of rotatable bonds is 8. The van der Waals surface area contributed by atoms with Crippen molar-refractivity contribution in [1.82, 2.24) is 15.6 Å². The molecule has 0 aromatic heterocycles. The second-order valence-electron chi connectivity index (χ2n) is 7.90. The van der Waals surface area contributed by atoms with Crippen LogP contribution in [0.1, 0.15) is 41.5 Å². The standard InChI is InChI=1S/C23H25N7O6S/c1-5-8-14(37(34,35)13(2)3)11-26-19(24)18(25-4)20-28-29-23(36-20)27-17(31)12-30-21(32)15-9-6-7-10-16(15)22(30)33/h5-11,13,28H,4,12H2,1-3H3,(H2,24,26)(H,27,29,31)/b8-5-,14-11+,20-18?. The first-order chi connectivity index (χ1) is 17.5. The van der Waals surface area contributed by atoms with Crippen molar-refractivity contribution in [2.75, 3.05) is 6.54 Å². The Morgan fingerprint density at radius 3 is 2.43 bits per heavy atom. The Labute approximate surface area is 213 Å². The number of amides is 3. The van der Waals surface area contributed by atoms with Crippen LogP contribution in [0.3, 0.4) is 0 Å². The molecule has 14 heteroatoms. The fraction of sp³-hybridized carbons (Fsp3) is 0.217. The minimum absolute atomic E-state index is 0.0565. The van der Waals surface area contributed by atoms with E-state index in [1.54, 1.807) is 25.1 Å². The number of hydrazone groups is 1. The maximum absolute atomic E-state index is 12.5. The number of nitrogens with one attached hydrogen (secondary N) is 2. The summed E-state index contributed by atoms with van der Waals surface area (Å²) in [4.78, 5) is 45.8. The molecule has 2 aliphatic heterocycles. The van der Waals surface area contributed by atoms with E-state index in [1.165, 1.54) is 32.1 Å². The SMILES string of the molecule is C=NC(C(N)=N/C=C(\C=C/C)S(=O)(=O)C(C)C)=C1NN=C(NC(=O)CN2C(=O)c3ccccc3C2=O)O1. The second kappa shape index (κ2) is 11.0. The van der Waals surface area contributed by atoms with E-state index in [1.807, 2.05) is 0 Å². The first-order valence-corrected chi connectivity index (χ1v) is 12.4. The molecule has 1 aromatic carbocycles. The minimum atomic E-state index is -3.63. The van der Waals surface area contributed by atoms with Crippen molar-refractivity contribution in [2.24, 2.45) is 20.8 Å². The van der Waals surface area contributed by atoms with Gasteiger partial charge in [0, 0.05) is 6.20 Å². The number of hydrogen-bond donors (Lipinski definition) is 3. The van der Waals surface area contributed by atoms with Gasteiger partial charge in [0.05, 0.1) is 21.3 Å². The summed E-state index contributed by atoms with van der Waals surface area (Å²) in [6, 6.07) is 5.94. The van der Waals surface area contributed by atoms with Gasteiger partial charge < -0.3 is 10.5 Å². The molecule has 2 aliphatic rings. The molecule has 3 amide bonds. The highest BCUT2D eigenvalue weighted by atomic mass is 32.2. The summed E-state index contributed by atoms with van der Waals surface area (Å²) in [7, 11) is -3.63. The number of allylic oxidation sites excluding steroid dienone is 2. The lowest BCUT2D eigenvalue weighted by molar-refractivity contribution is -0.120. The van der Waals surface area contributed by atoms with Gasteiger partial charge in [0.15, 0.2) is 21.4 Å². The van der Waals surface area contributed by atoms with Crippen LogP contribution in [0.15, 0.2) is 74.2 Å². The Balaban J connectivity index is 1.71. The summed E-state index contributed by atoms with van der Waals surface area (Å²) >= 11 is 0. The van der Waals surface area contributed by atoms with Gasteiger partial charge in [0.2, 0.25) is 11.8 Å². The lowest BCUT2D eigenvalue weighted by Crippen LogP contribution is -2.42. The fourth-order valence-electron chi connectivity index (χ4n) is 3.19. The highest BCUT2D eigenvalue weighted by Gasteiger charge is 2.36. The van der Waals surface area contributed by atoms with Crippen LogP contribution in [0, 0.1) is 0 Å². The number of sulfone groups is 1. The number of hydrogen-bond acceptors (Lipinski definition) is 10. The summed E-state index contributed by atoms with van der Waals surface area (Å²) in [5, 5.41) is 5.44. The number of aliphatic imine (C=N–C) groups is 2. The summed E-state index contributed by atoms with van der Waals surface area (Å²) in [6.07, 6.45) is 4.02. The Morgan fingerprint density at radius 2 is 1.89 bits per heavy atom. The van der Waals surface area contributed by atoms with Crippen molar-refractivity contribution in [3.63, 3.8) is 0 Å². The molecular weight excluding hydrogens is 502 g/mol. The van der Waals surface area contributed by atoms with E-state index >= 15 is 0 Å². The van der Waals surface area contributed by atoms with Crippen molar-refractivity contribution in [1.29, 1.82) is 0 Å². The lowest BCUT2D eigenvalue weighted by Gasteiger charge is -2.13. The average molecular weight is 528 g/mol. The molecule has 4 N–H and O–H groups in total. The third-order valence-electron chi connectivity index (χ3n) is 5.11. The normalized spacial score (nSPS) is 17.5. The zero-order valence-electron chi connectivity index (χ0n) is 20.3. The van der Waals surface area contributed by atoms with Gasteiger partial charge in [-0.2, -0.15) is 0 Å². The number of benzene rings is 1. The van der Waals surface area contributed by atoms with Crippen LogP contribution < -0.4 is 16.5 Å². The average Bonchev–Trinajstić information content (AvgIpc) is 3.40. The van der Waals surface area contributed by atoms with Crippen LogP contribution in [0.5, 0.6) is 0 Å². The van der Waals surface area contributed by atoms with Gasteiger partial charge in [-0.05, 0) is 45.7 Å². The number of fused-ring (bicyclic) bond motifs is 1. The predicted octanol–water partition coefficient (Wildman–Crippen LogP) is 0.757. The molecule has 37 heavy (non-hydrogen) atoms. The summed E-state index contributed by atoms with van der Waals surface area (Å²) in [6.45, 7) is 7.57. The van der Waals surface area contributed by atoms with Crippen LogP contribution in [0.25, 0.3) is 0 Å². The van der Waals surface area contributed by atoms with Gasteiger partial charge in [0.25, 0.3) is 11.8 Å². The molecule has 1 aromatic rings. The van der Waals surface area contributed by atoms with Gasteiger partial charge in [-0.25, -0.2) is 18.8 Å². The number of carbonyl (C=O) groups excluding carboxylic acids is 3. The summed E-state index contributed by atoms with van der Waals surface area (Å²) < 4.78 is 30.4. The smallest absolute Gasteiger partial charge is 0.320 e. The molecule has 0 spiro atoms.